The third-order valence-electron chi connectivity index (χ3n) is 3.70. The zero-order valence-electron chi connectivity index (χ0n) is 12.5. The van der Waals surface area contributed by atoms with Crippen LogP contribution in [0.5, 0.6) is 5.75 Å². The zero-order valence-corrected chi connectivity index (χ0v) is 12.5. The van der Waals surface area contributed by atoms with Crippen LogP contribution in [0.3, 0.4) is 0 Å². The van der Waals surface area contributed by atoms with Crippen LogP contribution in [0.25, 0.3) is 22.6 Å². The molecule has 0 unspecified atom stereocenters. The monoisotopic (exact) mass is 306 g/mol. The van der Waals surface area contributed by atoms with Crippen molar-refractivity contribution in [3.8, 4) is 17.3 Å². The van der Waals surface area contributed by atoms with Crippen LogP contribution in [-0.4, -0.2) is 20.6 Å². The van der Waals surface area contributed by atoms with E-state index in [9.17, 15) is 0 Å². The molecule has 0 spiro atoms. The number of aromatic amines is 1. The summed E-state index contributed by atoms with van der Waals surface area (Å²) in [4.78, 5) is 0. The standard InChI is InChI=1S/C17H14N4O2/c1-11-15-13(22-10-12-6-3-2-4-7-12)8-5-9-14(15)23-16(11)17-18-20-21-19-17/h2-9H,10H2,1H3,(H,18,19,20,21). The molecule has 0 saturated carbocycles. The number of nitrogens with zero attached hydrogens (tertiary/aromatic N) is 3. The fraction of sp³-hybridized carbons (Fsp3) is 0.118. The van der Waals surface area contributed by atoms with E-state index in [1.807, 2.05) is 55.5 Å². The molecule has 0 saturated heterocycles. The lowest BCUT2D eigenvalue weighted by atomic mass is 10.1. The molecule has 0 aliphatic carbocycles. The Balaban J connectivity index is 1.73. The van der Waals surface area contributed by atoms with Gasteiger partial charge < -0.3 is 9.15 Å². The minimum Gasteiger partial charge on any atom is -0.488 e. The maximum atomic E-state index is 5.99. The highest BCUT2D eigenvalue weighted by Crippen LogP contribution is 2.36. The molecule has 0 radical (unpaired) electrons. The number of nitrogens with one attached hydrogen (secondary N) is 1. The third kappa shape index (κ3) is 2.44. The molecule has 4 rings (SSSR count). The van der Waals surface area contributed by atoms with Crippen molar-refractivity contribution in [3.63, 3.8) is 0 Å². The quantitative estimate of drug-likeness (QED) is 0.624. The third-order valence-corrected chi connectivity index (χ3v) is 3.70. The van der Waals surface area contributed by atoms with Crippen LogP contribution >= 0.6 is 0 Å². The van der Waals surface area contributed by atoms with Gasteiger partial charge in [-0.1, -0.05) is 36.4 Å². The summed E-state index contributed by atoms with van der Waals surface area (Å²) in [5.74, 6) is 1.82. The summed E-state index contributed by atoms with van der Waals surface area (Å²) in [7, 11) is 0. The van der Waals surface area contributed by atoms with E-state index in [1.54, 1.807) is 0 Å². The van der Waals surface area contributed by atoms with Gasteiger partial charge >= 0.3 is 0 Å². The SMILES string of the molecule is Cc1c(-c2nn[nH]n2)oc2cccc(OCc3ccccc3)c12. The number of ether oxygens (including phenoxy) is 1. The van der Waals surface area contributed by atoms with E-state index in [1.165, 1.54) is 0 Å². The van der Waals surface area contributed by atoms with Crippen molar-refractivity contribution in [2.24, 2.45) is 0 Å². The van der Waals surface area contributed by atoms with Crippen molar-refractivity contribution in [1.82, 2.24) is 20.6 Å². The maximum Gasteiger partial charge on any atom is 0.240 e. The largest absolute Gasteiger partial charge is 0.488 e. The predicted octanol–water partition coefficient (Wildman–Crippen LogP) is 3.50. The average molecular weight is 306 g/mol. The topological polar surface area (TPSA) is 76.8 Å². The Kier molecular flexibility index (Phi) is 3.27. The Morgan fingerprint density at radius 2 is 1.96 bits per heavy atom. The highest BCUT2D eigenvalue weighted by Gasteiger charge is 2.18. The average Bonchev–Trinajstić information content (AvgIpc) is 3.22. The number of fused-ring (bicyclic) bond motifs is 1. The lowest BCUT2D eigenvalue weighted by molar-refractivity contribution is 0.310. The molecule has 0 aliphatic heterocycles. The van der Waals surface area contributed by atoms with Gasteiger partial charge in [-0.05, 0) is 29.8 Å². The summed E-state index contributed by atoms with van der Waals surface area (Å²) < 4.78 is 11.9. The molecular formula is C17H14N4O2. The molecule has 4 aromatic rings. The van der Waals surface area contributed by atoms with Crippen LogP contribution in [0, 0.1) is 6.92 Å². The van der Waals surface area contributed by atoms with Crippen molar-refractivity contribution in [2.75, 3.05) is 0 Å². The molecule has 6 nitrogen and oxygen atoms in total. The summed E-state index contributed by atoms with van der Waals surface area (Å²) in [6.07, 6.45) is 0. The summed E-state index contributed by atoms with van der Waals surface area (Å²) in [5.41, 5.74) is 2.79. The Morgan fingerprint density at radius 3 is 2.74 bits per heavy atom. The lowest BCUT2D eigenvalue weighted by Crippen LogP contribution is -1.95. The first-order valence-electron chi connectivity index (χ1n) is 7.25. The summed E-state index contributed by atoms with van der Waals surface area (Å²) >= 11 is 0. The van der Waals surface area contributed by atoms with E-state index in [2.05, 4.69) is 20.6 Å². The van der Waals surface area contributed by atoms with Gasteiger partial charge in [-0.3, -0.25) is 0 Å². The van der Waals surface area contributed by atoms with E-state index in [0.29, 0.717) is 18.2 Å². The van der Waals surface area contributed by atoms with Crippen LogP contribution in [0.15, 0.2) is 52.9 Å². The number of hydrogen-bond acceptors (Lipinski definition) is 5. The Bertz CT molecular complexity index is 930. The van der Waals surface area contributed by atoms with Crippen LogP contribution in [0.4, 0.5) is 0 Å². The van der Waals surface area contributed by atoms with E-state index in [-0.39, 0.29) is 0 Å². The van der Waals surface area contributed by atoms with Crippen LogP contribution in [-0.2, 0) is 6.61 Å². The Morgan fingerprint density at radius 1 is 1.09 bits per heavy atom. The molecule has 0 bridgehead atoms. The zero-order chi connectivity index (χ0) is 15.6. The molecule has 2 aromatic carbocycles. The molecule has 0 amide bonds. The van der Waals surface area contributed by atoms with Gasteiger partial charge in [0.2, 0.25) is 5.82 Å². The maximum absolute atomic E-state index is 5.99. The van der Waals surface area contributed by atoms with Crippen molar-refractivity contribution in [3.05, 3.63) is 59.7 Å². The fourth-order valence-electron chi connectivity index (χ4n) is 2.59. The molecule has 0 atom stereocenters. The minimum atomic E-state index is 0.438. The van der Waals surface area contributed by atoms with E-state index < -0.39 is 0 Å². The smallest absolute Gasteiger partial charge is 0.240 e. The first-order chi connectivity index (χ1) is 11.3. The highest BCUT2D eigenvalue weighted by molar-refractivity contribution is 5.91. The molecule has 0 fully saturated rings. The summed E-state index contributed by atoms with van der Waals surface area (Å²) in [5, 5.41) is 14.9. The van der Waals surface area contributed by atoms with Gasteiger partial charge in [0.1, 0.15) is 17.9 Å². The van der Waals surface area contributed by atoms with Gasteiger partial charge in [-0.15, -0.1) is 10.2 Å². The number of furan rings is 1. The molecule has 114 valence electrons. The second kappa shape index (κ2) is 5.57. The molecule has 23 heavy (non-hydrogen) atoms. The van der Waals surface area contributed by atoms with Gasteiger partial charge in [-0.2, -0.15) is 5.21 Å². The first-order valence-corrected chi connectivity index (χ1v) is 7.25. The summed E-state index contributed by atoms with van der Waals surface area (Å²) in [6.45, 7) is 2.47. The van der Waals surface area contributed by atoms with E-state index >= 15 is 0 Å². The number of hydrogen-bond donors (Lipinski definition) is 1. The number of aromatic nitrogens is 4. The van der Waals surface area contributed by atoms with Gasteiger partial charge in [0.15, 0.2) is 5.76 Å². The van der Waals surface area contributed by atoms with Gasteiger partial charge in [0.25, 0.3) is 0 Å². The van der Waals surface area contributed by atoms with E-state index in [4.69, 9.17) is 9.15 Å². The van der Waals surface area contributed by atoms with E-state index in [0.717, 1.165) is 27.8 Å². The van der Waals surface area contributed by atoms with Gasteiger partial charge in [-0.25, -0.2) is 0 Å². The fourth-order valence-corrected chi connectivity index (χ4v) is 2.59. The molecule has 2 heterocycles. The van der Waals surface area contributed by atoms with Crippen LogP contribution in [0.2, 0.25) is 0 Å². The number of benzene rings is 2. The van der Waals surface area contributed by atoms with Gasteiger partial charge in [0.05, 0.1) is 5.39 Å². The second-order valence-corrected chi connectivity index (χ2v) is 5.20. The second-order valence-electron chi connectivity index (χ2n) is 5.20. The van der Waals surface area contributed by atoms with Gasteiger partial charge in [0, 0.05) is 5.56 Å². The molecular weight excluding hydrogens is 292 g/mol. The summed E-state index contributed by atoms with van der Waals surface area (Å²) in [6, 6.07) is 15.8. The normalized spacial score (nSPS) is 11.0. The number of H-pyrrole nitrogens is 1. The van der Waals surface area contributed by atoms with Crippen LogP contribution < -0.4 is 4.74 Å². The predicted molar refractivity (Wildman–Crippen MR) is 84.9 cm³/mol. The Labute approximate surface area is 132 Å². The minimum absolute atomic E-state index is 0.438. The molecule has 2 aromatic heterocycles. The lowest BCUT2D eigenvalue weighted by Gasteiger charge is -2.07. The first kappa shape index (κ1) is 13.5. The van der Waals surface area contributed by atoms with Crippen molar-refractivity contribution >= 4 is 11.0 Å². The highest BCUT2D eigenvalue weighted by atomic mass is 16.5. The number of aryl methyl sites for hydroxylation is 1. The van der Waals surface area contributed by atoms with Crippen molar-refractivity contribution < 1.29 is 9.15 Å². The molecule has 1 N–H and O–H groups in total. The van der Waals surface area contributed by atoms with Crippen LogP contribution in [0.1, 0.15) is 11.1 Å². The van der Waals surface area contributed by atoms with Crippen molar-refractivity contribution in [2.45, 2.75) is 13.5 Å². The number of tetrazole rings is 1. The van der Waals surface area contributed by atoms with Crippen molar-refractivity contribution in [1.29, 1.82) is 0 Å². The number of rotatable bonds is 4. The molecule has 6 heteroatoms. The molecule has 0 aliphatic rings. The Hall–Kier alpha value is -3.15.